The van der Waals surface area contributed by atoms with Gasteiger partial charge < -0.3 is 9.64 Å². The predicted octanol–water partition coefficient (Wildman–Crippen LogP) is 2.76. The average Bonchev–Trinajstić information content (AvgIpc) is 3.05. The van der Waals surface area contributed by atoms with Gasteiger partial charge >= 0.3 is 0 Å². The van der Waals surface area contributed by atoms with Crippen LogP contribution in [0.5, 0.6) is 5.88 Å². The molecule has 1 unspecified atom stereocenters. The molecule has 0 aromatic carbocycles. The highest BCUT2D eigenvalue weighted by atomic mass is 32.1. The molecule has 1 aliphatic heterocycles. The Morgan fingerprint density at radius 2 is 2.14 bits per heavy atom. The lowest BCUT2D eigenvalue weighted by Gasteiger charge is -2.16. The molecule has 1 aliphatic rings. The Hall–Kier alpha value is -1.95. The van der Waals surface area contributed by atoms with E-state index in [2.05, 4.69) is 9.97 Å². The second-order valence-electron chi connectivity index (χ2n) is 5.54. The van der Waals surface area contributed by atoms with Gasteiger partial charge in [0.2, 0.25) is 5.88 Å². The van der Waals surface area contributed by atoms with E-state index in [1.807, 2.05) is 43.9 Å². The zero-order valence-electron chi connectivity index (χ0n) is 13.0. The third-order valence-electron chi connectivity index (χ3n) is 3.68. The van der Waals surface area contributed by atoms with E-state index in [4.69, 9.17) is 4.74 Å². The Bertz CT molecular complexity index is 698. The first-order valence-corrected chi connectivity index (χ1v) is 8.18. The predicted molar refractivity (Wildman–Crippen MR) is 85.5 cm³/mol. The van der Waals surface area contributed by atoms with Crippen molar-refractivity contribution in [1.82, 2.24) is 14.9 Å². The topological polar surface area (TPSA) is 55.3 Å². The van der Waals surface area contributed by atoms with E-state index in [1.165, 1.54) is 11.3 Å². The van der Waals surface area contributed by atoms with Gasteiger partial charge in [0.15, 0.2) is 0 Å². The van der Waals surface area contributed by atoms with Crippen LogP contribution >= 0.6 is 11.3 Å². The van der Waals surface area contributed by atoms with E-state index in [-0.39, 0.29) is 12.0 Å². The van der Waals surface area contributed by atoms with Gasteiger partial charge in [0.1, 0.15) is 11.0 Å². The maximum Gasteiger partial charge on any atom is 0.265 e. The number of amides is 1. The number of likely N-dealkylation sites (tertiary alicyclic amines) is 1. The van der Waals surface area contributed by atoms with E-state index in [1.54, 1.807) is 0 Å². The largest absolute Gasteiger partial charge is 0.472 e. The molecular weight excluding hydrogens is 298 g/mol. The van der Waals surface area contributed by atoms with E-state index < -0.39 is 0 Å². The molecule has 0 aliphatic carbocycles. The molecule has 3 heterocycles. The summed E-state index contributed by atoms with van der Waals surface area (Å²) < 4.78 is 5.89. The Balaban J connectivity index is 1.65. The maximum atomic E-state index is 12.6. The molecule has 22 heavy (non-hydrogen) atoms. The fourth-order valence-electron chi connectivity index (χ4n) is 2.64. The fraction of sp³-hybridized carbons (Fsp3) is 0.438. The summed E-state index contributed by atoms with van der Waals surface area (Å²) in [5, 5.41) is 0.928. The number of carbonyl (C=O) groups is 1. The van der Waals surface area contributed by atoms with Gasteiger partial charge in [-0.15, -0.1) is 11.3 Å². The van der Waals surface area contributed by atoms with Gasteiger partial charge in [-0.25, -0.2) is 9.97 Å². The minimum absolute atomic E-state index is 0.00701. The third-order valence-corrected chi connectivity index (χ3v) is 4.74. The molecular formula is C16H19N3O2S. The number of pyridine rings is 1. The normalized spacial score (nSPS) is 17.8. The van der Waals surface area contributed by atoms with Crippen molar-refractivity contribution in [2.45, 2.75) is 33.3 Å². The summed E-state index contributed by atoms with van der Waals surface area (Å²) in [5.74, 6) is 0.690. The molecule has 3 rings (SSSR count). The summed E-state index contributed by atoms with van der Waals surface area (Å²) in [7, 11) is 0. The molecule has 1 fully saturated rings. The molecule has 0 bridgehead atoms. The summed E-state index contributed by atoms with van der Waals surface area (Å²) in [5.41, 5.74) is 1.75. The number of aromatic nitrogens is 2. The SMILES string of the molecule is Cc1cccc(OC2CCN(C(=O)c3sc(C)nc3C)C2)n1. The van der Waals surface area contributed by atoms with Crippen molar-refractivity contribution >= 4 is 17.2 Å². The summed E-state index contributed by atoms with van der Waals surface area (Å²) >= 11 is 1.46. The Morgan fingerprint density at radius 1 is 1.32 bits per heavy atom. The van der Waals surface area contributed by atoms with Crippen LogP contribution in [0, 0.1) is 20.8 Å². The molecule has 0 saturated carbocycles. The van der Waals surface area contributed by atoms with E-state index in [0.29, 0.717) is 19.0 Å². The number of hydrogen-bond acceptors (Lipinski definition) is 5. The first-order valence-electron chi connectivity index (χ1n) is 7.36. The van der Waals surface area contributed by atoms with Gasteiger partial charge in [-0.1, -0.05) is 6.07 Å². The molecule has 0 spiro atoms. The monoisotopic (exact) mass is 317 g/mol. The molecule has 1 saturated heterocycles. The van der Waals surface area contributed by atoms with Crippen molar-refractivity contribution in [2.75, 3.05) is 13.1 Å². The van der Waals surface area contributed by atoms with Crippen molar-refractivity contribution < 1.29 is 9.53 Å². The number of rotatable bonds is 3. The molecule has 6 heteroatoms. The summed E-state index contributed by atoms with van der Waals surface area (Å²) in [6, 6.07) is 5.72. The van der Waals surface area contributed by atoms with Crippen LogP contribution < -0.4 is 4.74 Å². The van der Waals surface area contributed by atoms with Crippen molar-refractivity contribution in [1.29, 1.82) is 0 Å². The molecule has 5 nitrogen and oxygen atoms in total. The van der Waals surface area contributed by atoms with Gasteiger partial charge in [-0.2, -0.15) is 0 Å². The number of hydrogen-bond donors (Lipinski definition) is 0. The zero-order valence-corrected chi connectivity index (χ0v) is 13.8. The molecule has 2 aromatic heterocycles. The number of aryl methyl sites for hydroxylation is 3. The lowest BCUT2D eigenvalue weighted by molar-refractivity contribution is 0.0775. The smallest absolute Gasteiger partial charge is 0.265 e. The van der Waals surface area contributed by atoms with Crippen LogP contribution in [0.4, 0.5) is 0 Å². The van der Waals surface area contributed by atoms with Crippen LogP contribution in [0.1, 0.15) is 32.5 Å². The average molecular weight is 317 g/mol. The number of carbonyl (C=O) groups excluding carboxylic acids is 1. The number of nitrogens with zero attached hydrogens (tertiary/aromatic N) is 3. The lowest BCUT2D eigenvalue weighted by atomic mass is 10.3. The van der Waals surface area contributed by atoms with Crippen molar-refractivity contribution in [3.63, 3.8) is 0 Å². The summed E-state index contributed by atoms with van der Waals surface area (Å²) in [6.07, 6.45) is 0.839. The highest BCUT2D eigenvalue weighted by molar-refractivity contribution is 7.13. The van der Waals surface area contributed by atoms with Gasteiger partial charge in [-0.3, -0.25) is 4.79 Å². The van der Waals surface area contributed by atoms with E-state index >= 15 is 0 Å². The molecule has 0 N–H and O–H groups in total. The molecule has 0 radical (unpaired) electrons. The standard InChI is InChI=1S/C16H19N3O2S/c1-10-5-4-6-14(17-10)21-13-7-8-19(9-13)16(20)15-11(2)18-12(3)22-15/h4-6,13H,7-9H2,1-3H3. The summed E-state index contributed by atoms with van der Waals surface area (Å²) in [4.78, 5) is 23.8. The lowest BCUT2D eigenvalue weighted by Crippen LogP contribution is -2.30. The second kappa shape index (κ2) is 6.04. The van der Waals surface area contributed by atoms with Crippen LogP contribution in [0.2, 0.25) is 0 Å². The minimum Gasteiger partial charge on any atom is -0.472 e. The minimum atomic E-state index is 0.00701. The van der Waals surface area contributed by atoms with Gasteiger partial charge in [0.25, 0.3) is 5.91 Å². The molecule has 116 valence electrons. The van der Waals surface area contributed by atoms with Crippen LogP contribution in [-0.4, -0.2) is 40.0 Å². The molecule has 1 amide bonds. The second-order valence-corrected chi connectivity index (χ2v) is 6.75. The van der Waals surface area contributed by atoms with E-state index in [9.17, 15) is 4.79 Å². The van der Waals surface area contributed by atoms with Crippen LogP contribution in [0.25, 0.3) is 0 Å². The van der Waals surface area contributed by atoms with Gasteiger partial charge in [0.05, 0.1) is 17.2 Å². The Kier molecular flexibility index (Phi) is 4.11. The maximum absolute atomic E-state index is 12.6. The fourth-order valence-corrected chi connectivity index (χ4v) is 3.52. The van der Waals surface area contributed by atoms with Crippen molar-refractivity contribution in [3.8, 4) is 5.88 Å². The van der Waals surface area contributed by atoms with Crippen LogP contribution in [0.3, 0.4) is 0 Å². The Morgan fingerprint density at radius 3 is 2.82 bits per heavy atom. The molecule has 1 atom stereocenters. The highest BCUT2D eigenvalue weighted by Crippen LogP contribution is 2.23. The highest BCUT2D eigenvalue weighted by Gasteiger charge is 2.30. The van der Waals surface area contributed by atoms with Crippen LogP contribution in [0.15, 0.2) is 18.2 Å². The first kappa shape index (κ1) is 15.0. The quantitative estimate of drug-likeness (QED) is 0.873. The van der Waals surface area contributed by atoms with Crippen molar-refractivity contribution in [2.24, 2.45) is 0 Å². The van der Waals surface area contributed by atoms with Gasteiger partial charge in [-0.05, 0) is 26.8 Å². The summed E-state index contributed by atoms with van der Waals surface area (Å²) in [6.45, 7) is 7.06. The van der Waals surface area contributed by atoms with Crippen LogP contribution in [-0.2, 0) is 0 Å². The zero-order chi connectivity index (χ0) is 15.7. The third kappa shape index (κ3) is 3.11. The number of thiazole rings is 1. The van der Waals surface area contributed by atoms with Gasteiger partial charge in [0, 0.05) is 24.7 Å². The Labute approximate surface area is 134 Å². The van der Waals surface area contributed by atoms with E-state index in [0.717, 1.165) is 27.7 Å². The molecule has 2 aromatic rings. The number of ether oxygens (including phenoxy) is 1. The first-order chi connectivity index (χ1) is 10.5. The van der Waals surface area contributed by atoms with Crippen molar-refractivity contribution in [3.05, 3.63) is 39.5 Å².